The van der Waals surface area contributed by atoms with Crippen LogP contribution in [-0.4, -0.2) is 4.99 Å². The fourth-order valence-corrected chi connectivity index (χ4v) is 1.72. The fraction of sp³-hybridized carbons (Fsp3) is 0. The number of anilines is 1. The minimum atomic E-state index is -0.270. The molecule has 0 unspecified atom stereocenters. The van der Waals surface area contributed by atoms with E-state index in [-0.39, 0.29) is 5.82 Å². The minimum Gasteiger partial charge on any atom is -0.346 e. The van der Waals surface area contributed by atoms with Crippen LogP contribution in [-0.2, 0) is 0 Å². The van der Waals surface area contributed by atoms with Crippen LogP contribution in [0, 0.1) is 5.82 Å². The van der Waals surface area contributed by atoms with Gasteiger partial charge in [-0.2, -0.15) is 0 Å². The van der Waals surface area contributed by atoms with Crippen molar-refractivity contribution in [1.29, 1.82) is 0 Å². The normalized spacial score (nSPS) is 10.0. The summed E-state index contributed by atoms with van der Waals surface area (Å²) in [6.45, 7) is 0. The molecule has 0 radical (unpaired) electrons. The zero-order valence-electron chi connectivity index (χ0n) is 8.78. The lowest BCUT2D eigenvalue weighted by Gasteiger charge is -2.07. The highest BCUT2D eigenvalue weighted by Gasteiger charge is 2.01. The number of rotatable bonds is 2. The van der Waals surface area contributed by atoms with Crippen molar-refractivity contribution in [3.05, 3.63) is 64.9 Å². The monoisotopic (exact) mass is 265 g/mol. The van der Waals surface area contributed by atoms with Crippen molar-refractivity contribution in [2.24, 2.45) is 0 Å². The Morgan fingerprint density at radius 2 is 1.59 bits per heavy atom. The largest absolute Gasteiger partial charge is 0.346 e. The molecule has 0 saturated heterocycles. The molecule has 0 spiro atoms. The topological polar surface area (TPSA) is 12.0 Å². The van der Waals surface area contributed by atoms with Gasteiger partial charge >= 0.3 is 0 Å². The zero-order chi connectivity index (χ0) is 12.3. The second-order valence-electron chi connectivity index (χ2n) is 3.47. The maximum absolute atomic E-state index is 12.7. The van der Waals surface area contributed by atoms with Crippen LogP contribution < -0.4 is 5.32 Å². The molecule has 4 heteroatoms. The molecule has 0 amide bonds. The molecule has 86 valence electrons. The number of halogens is 2. The third-order valence-corrected chi connectivity index (χ3v) is 2.80. The highest BCUT2D eigenvalue weighted by molar-refractivity contribution is 7.81. The third kappa shape index (κ3) is 3.25. The molecule has 0 aromatic heterocycles. The van der Waals surface area contributed by atoms with Gasteiger partial charge in [-0.1, -0.05) is 36.0 Å². The number of nitrogens with one attached hydrogen (secondary N) is 1. The highest BCUT2D eigenvalue weighted by atomic mass is 35.5. The molecule has 0 saturated carbocycles. The second-order valence-corrected chi connectivity index (χ2v) is 4.31. The smallest absolute Gasteiger partial charge is 0.123 e. The van der Waals surface area contributed by atoms with Gasteiger partial charge in [0, 0.05) is 16.3 Å². The van der Waals surface area contributed by atoms with E-state index in [4.69, 9.17) is 23.8 Å². The fourth-order valence-electron chi connectivity index (χ4n) is 1.34. The van der Waals surface area contributed by atoms with E-state index in [0.29, 0.717) is 10.0 Å². The Labute approximate surface area is 109 Å². The lowest BCUT2D eigenvalue weighted by atomic mass is 10.2. The summed E-state index contributed by atoms with van der Waals surface area (Å²) in [5, 5.41) is 3.69. The van der Waals surface area contributed by atoms with Crippen LogP contribution in [0.4, 0.5) is 10.1 Å². The standard InChI is InChI=1S/C13H9ClFNS/c14-10-3-1-9(2-4-10)13(17)16-12-7-5-11(15)6-8-12/h1-8H,(H,16,17). The quantitative estimate of drug-likeness (QED) is 0.814. The van der Waals surface area contributed by atoms with E-state index in [1.54, 1.807) is 24.3 Å². The first kappa shape index (κ1) is 12.0. The molecule has 1 nitrogen and oxygen atoms in total. The number of hydrogen-bond donors (Lipinski definition) is 1. The number of hydrogen-bond acceptors (Lipinski definition) is 1. The molecule has 0 aliphatic rings. The van der Waals surface area contributed by atoms with Crippen molar-refractivity contribution in [3.8, 4) is 0 Å². The Kier molecular flexibility index (Phi) is 3.71. The molecule has 1 N–H and O–H groups in total. The van der Waals surface area contributed by atoms with Crippen molar-refractivity contribution >= 4 is 34.5 Å². The van der Waals surface area contributed by atoms with Crippen molar-refractivity contribution in [2.75, 3.05) is 5.32 Å². The maximum atomic E-state index is 12.7. The Bertz CT molecular complexity index is 522. The van der Waals surface area contributed by atoms with Gasteiger partial charge in [-0.15, -0.1) is 0 Å². The summed E-state index contributed by atoms with van der Waals surface area (Å²) >= 11 is 11.0. The van der Waals surface area contributed by atoms with Gasteiger partial charge in [0.1, 0.15) is 10.8 Å². The van der Waals surface area contributed by atoms with Crippen LogP contribution in [0.25, 0.3) is 0 Å². The van der Waals surface area contributed by atoms with E-state index in [0.717, 1.165) is 11.3 Å². The third-order valence-electron chi connectivity index (χ3n) is 2.21. The Morgan fingerprint density at radius 3 is 2.18 bits per heavy atom. The number of benzene rings is 2. The molecular formula is C13H9ClFNS. The predicted octanol–water partition coefficient (Wildman–Crippen LogP) is 4.27. The van der Waals surface area contributed by atoms with Gasteiger partial charge in [0.05, 0.1) is 0 Å². The molecule has 0 aliphatic carbocycles. The van der Waals surface area contributed by atoms with Crippen LogP contribution in [0.3, 0.4) is 0 Å². The first-order chi connectivity index (χ1) is 8.15. The van der Waals surface area contributed by atoms with Crippen LogP contribution in [0.2, 0.25) is 5.02 Å². The lowest BCUT2D eigenvalue weighted by Crippen LogP contribution is -2.10. The van der Waals surface area contributed by atoms with Crippen LogP contribution >= 0.6 is 23.8 Å². The minimum absolute atomic E-state index is 0.270. The summed E-state index contributed by atoms with van der Waals surface area (Å²) < 4.78 is 12.7. The average Bonchev–Trinajstić information content (AvgIpc) is 2.33. The van der Waals surface area contributed by atoms with Gasteiger partial charge in [0.2, 0.25) is 0 Å². The summed E-state index contributed by atoms with van der Waals surface area (Å²) in [6.07, 6.45) is 0. The second kappa shape index (κ2) is 5.25. The van der Waals surface area contributed by atoms with E-state index in [1.807, 2.05) is 12.1 Å². The van der Waals surface area contributed by atoms with Crippen LogP contribution in [0.15, 0.2) is 48.5 Å². The van der Waals surface area contributed by atoms with Gasteiger partial charge in [0.25, 0.3) is 0 Å². The zero-order valence-corrected chi connectivity index (χ0v) is 10.4. The molecule has 2 rings (SSSR count). The van der Waals surface area contributed by atoms with Gasteiger partial charge in [0.15, 0.2) is 0 Å². The summed E-state index contributed by atoms with van der Waals surface area (Å²) in [5.41, 5.74) is 1.63. The first-order valence-corrected chi connectivity index (χ1v) is 5.76. The molecule has 0 fully saturated rings. The summed E-state index contributed by atoms with van der Waals surface area (Å²) in [5.74, 6) is -0.270. The van der Waals surface area contributed by atoms with E-state index in [1.165, 1.54) is 12.1 Å². The summed E-state index contributed by atoms with van der Waals surface area (Å²) in [7, 11) is 0. The van der Waals surface area contributed by atoms with Crippen molar-refractivity contribution in [1.82, 2.24) is 0 Å². The molecular weight excluding hydrogens is 257 g/mol. The van der Waals surface area contributed by atoms with Crippen molar-refractivity contribution in [2.45, 2.75) is 0 Å². The predicted molar refractivity (Wildman–Crippen MR) is 73.2 cm³/mol. The van der Waals surface area contributed by atoms with E-state index < -0.39 is 0 Å². The Hall–Kier alpha value is -1.45. The Balaban J connectivity index is 2.11. The first-order valence-electron chi connectivity index (χ1n) is 4.97. The summed E-state index contributed by atoms with van der Waals surface area (Å²) in [4.78, 5) is 0.577. The molecule has 2 aromatic carbocycles. The van der Waals surface area contributed by atoms with Crippen LogP contribution in [0.5, 0.6) is 0 Å². The van der Waals surface area contributed by atoms with E-state index in [9.17, 15) is 4.39 Å². The molecule has 0 heterocycles. The average molecular weight is 266 g/mol. The number of thiocarbonyl (C=S) groups is 1. The van der Waals surface area contributed by atoms with Gasteiger partial charge in [-0.3, -0.25) is 0 Å². The maximum Gasteiger partial charge on any atom is 0.123 e. The van der Waals surface area contributed by atoms with Gasteiger partial charge < -0.3 is 5.32 Å². The van der Waals surface area contributed by atoms with Gasteiger partial charge in [-0.05, 0) is 36.4 Å². The molecule has 2 aromatic rings. The van der Waals surface area contributed by atoms with Crippen molar-refractivity contribution in [3.63, 3.8) is 0 Å². The van der Waals surface area contributed by atoms with Crippen molar-refractivity contribution < 1.29 is 4.39 Å². The lowest BCUT2D eigenvalue weighted by molar-refractivity contribution is 0.628. The highest BCUT2D eigenvalue weighted by Crippen LogP contribution is 2.13. The Morgan fingerprint density at radius 1 is 1.00 bits per heavy atom. The molecule has 0 aliphatic heterocycles. The molecule has 0 atom stereocenters. The van der Waals surface area contributed by atoms with Gasteiger partial charge in [-0.25, -0.2) is 4.39 Å². The molecule has 17 heavy (non-hydrogen) atoms. The van der Waals surface area contributed by atoms with E-state index >= 15 is 0 Å². The van der Waals surface area contributed by atoms with Crippen LogP contribution in [0.1, 0.15) is 5.56 Å². The SMILES string of the molecule is Fc1ccc(NC(=S)c2ccc(Cl)cc2)cc1. The van der Waals surface area contributed by atoms with E-state index in [2.05, 4.69) is 5.32 Å². The molecule has 0 bridgehead atoms. The summed E-state index contributed by atoms with van der Waals surface area (Å²) in [6, 6.07) is 13.3.